The van der Waals surface area contributed by atoms with Crippen LogP contribution in [0.3, 0.4) is 0 Å². The van der Waals surface area contributed by atoms with Crippen molar-refractivity contribution in [1.82, 2.24) is 5.32 Å². The molecule has 0 saturated carbocycles. The van der Waals surface area contributed by atoms with Crippen LogP contribution in [0.2, 0.25) is 0 Å². The summed E-state index contributed by atoms with van der Waals surface area (Å²) in [5.41, 5.74) is 1.52. The van der Waals surface area contributed by atoms with Gasteiger partial charge >= 0.3 is 0 Å². The molecule has 0 spiro atoms. The van der Waals surface area contributed by atoms with Crippen LogP contribution in [-0.2, 0) is 6.54 Å². The number of hydrogen-bond donors (Lipinski definition) is 2. The largest absolute Gasteiger partial charge is 0.508 e. The third-order valence-corrected chi connectivity index (χ3v) is 1.92. The summed E-state index contributed by atoms with van der Waals surface area (Å²) in [5, 5.41) is 12.5. The molecule has 14 heavy (non-hydrogen) atoms. The van der Waals surface area contributed by atoms with E-state index in [1.165, 1.54) is 5.56 Å². The van der Waals surface area contributed by atoms with Gasteiger partial charge in [-0.05, 0) is 23.1 Å². The topological polar surface area (TPSA) is 32.3 Å². The molecule has 0 unspecified atom stereocenters. The number of aromatic hydroxyl groups is 1. The highest BCUT2D eigenvalue weighted by molar-refractivity contribution is 5.25. The molecule has 78 valence electrons. The Morgan fingerprint density at radius 2 is 1.71 bits per heavy atom. The predicted octanol–water partition coefficient (Wildman–Crippen LogP) is 2.53. The van der Waals surface area contributed by atoms with Crippen LogP contribution < -0.4 is 5.32 Å². The van der Waals surface area contributed by atoms with Crippen molar-refractivity contribution >= 4 is 0 Å². The molecule has 0 fully saturated rings. The second-order valence-electron chi connectivity index (χ2n) is 4.83. The molecule has 2 heteroatoms. The van der Waals surface area contributed by atoms with Crippen molar-refractivity contribution in [1.29, 1.82) is 0 Å². The van der Waals surface area contributed by atoms with E-state index in [-0.39, 0.29) is 0 Å². The molecule has 0 heterocycles. The van der Waals surface area contributed by atoms with Crippen molar-refractivity contribution in [3.63, 3.8) is 0 Å². The molecule has 0 bridgehead atoms. The average Bonchev–Trinajstić information content (AvgIpc) is 2.06. The lowest BCUT2D eigenvalue weighted by atomic mass is 9.97. The summed E-state index contributed by atoms with van der Waals surface area (Å²) < 4.78 is 0. The molecule has 0 radical (unpaired) electrons. The number of rotatable bonds is 3. The third-order valence-electron chi connectivity index (χ3n) is 1.92. The lowest BCUT2D eigenvalue weighted by molar-refractivity contribution is 0.379. The molecular formula is C12H19NO. The number of nitrogens with one attached hydrogen (secondary N) is 1. The molecule has 1 aromatic rings. The first-order valence-corrected chi connectivity index (χ1v) is 4.96. The van der Waals surface area contributed by atoms with Crippen molar-refractivity contribution in [2.24, 2.45) is 5.41 Å². The lowest BCUT2D eigenvalue weighted by Crippen LogP contribution is -2.26. The molecule has 0 atom stereocenters. The number of phenols is 1. The van der Waals surface area contributed by atoms with E-state index in [4.69, 9.17) is 5.11 Å². The minimum Gasteiger partial charge on any atom is -0.508 e. The molecule has 0 aliphatic heterocycles. The number of phenolic OH excluding ortho intramolecular Hbond substituents is 1. The van der Waals surface area contributed by atoms with Gasteiger partial charge in [0.25, 0.3) is 0 Å². The van der Waals surface area contributed by atoms with E-state index in [2.05, 4.69) is 26.1 Å². The van der Waals surface area contributed by atoms with E-state index < -0.39 is 0 Å². The van der Waals surface area contributed by atoms with E-state index in [1.807, 2.05) is 12.1 Å². The maximum atomic E-state index is 9.09. The van der Waals surface area contributed by atoms with Crippen LogP contribution in [0.5, 0.6) is 5.75 Å². The van der Waals surface area contributed by atoms with E-state index in [9.17, 15) is 0 Å². The molecule has 2 N–H and O–H groups in total. The van der Waals surface area contributed by atoms with Gasteiger partial charge in [0, 0.05) is 13.1 Å². The van der Waals surface area contributed by atoms with Crippen LogP contribution in [0.1, 0.15) is 26.3 Å². The Hall–Kier alpha value is -1.02. The average molecular weight is 193 g/mol. The van der Waals surface area contributed by atoms with Gasteiger partial charge in [0.2, 0.25) is 0 Å². The fourth-order valence-corrected chi connectivity index (χ4v) is 1.20. The van der Waals surface area contributed by atoms with Crippen molar-refractivity contribution in [2.75, 3.05) is 6.54 Å². The first-order valence-electron chi connectivity index (χ1n) is 4.96. The summed E-state index contributed by atoms with van der Waals surface area (Å²) in [4.78, 5) is 0. The van der Waals surface area contributed by atoms with Crippen LogP contribution in [-0.4, -0.2) is 11.7 Å². The normalized spacial score (nSPS) is 11.6. The molecule has 0 aliphatic carbocycles. The van der Waals surface area contributed by atoms with E-state index >= 15 is 0 Å². The van der Waals surface area contributed by atoms with Gasteiger partial charge < -0.3 is 10.4 Å². The standard InChI is InChI=1S/C12H19NO/c1-12(2,3)9-13-8-10-4-6-11(14)7-5-10/h4-7,13-14H,8-9H2,1-3H3. The van der Waals surface area contributed by atoms with Crippen LogP contribution >= 0.6 is 0 Å². The third kappa shape index (κ3) is 4.28. The van der Waals surface area contributed by atoms with Gasteiger partial charge in [-0.15, -0.1) is 0 Å². The highest BCUT2D eigenvalue weighted by atomic mass is 16.3. The maximum absolute atomic E-state index is 9.09. The lowest BCUT2D eigenvalue weighted by Gasteiger charge is -2.18. The Morgan fingerprint density at radius 3 is 2.21 bits per heavy atom. The zero-order valence-corrected chi connectivity index (χ0v) is 9.17. The van der Waals surface area contributed by atoms with Crippen LogP contribution in [0.15, 0.2) is 24.3 Å². The summed E-state index contributed by atoms with van der Waals surface area (Å²) in [6.45, 7) is 8.47. The molecule has 1 rings (SSSR count). The fraction of sp³-hybridized carbons (Fsp3) is 0.500. The van der Waals surface area contributed by atoms with Crippen LogP contribution in [0.25, 0.3) is 0 Å². The van der Waals surface area contributed by atoms with Gasteiger partial charge in [-0.3, -0.25) is 0 Å². The fourth-order valence-electron chi connectivity index (χ4n) is 1.20. The van der Waals surface area contributed by atoms with Crippen molar-refractivity contribution in [3.8, 4) is 5.75 Å². The first-order chi connectivity index (χ1) is 6.47. The maximum Gasteiger partial charge on any atom is 0.115 e. The Morgan fingerprint density at radius 1 is 1.14 bits per heavy atom. The van der Waals surface area contributed by atoms with E-state index in [1.54, 1.807) is 12.1 Å². The Balaban J connectivity index is 2.35. The number of hydrogen-bond acceptors (Lipinski definition) is 2. The minimum atomic E-state index is 0.316. The van der Waals surface area contributed by atoms with E-state index in [0.29, 0.717) is 11.2 Å². The summed E-state index contributed by atoms with van der Waals surface area (Å²) >= 11 is 0. The van der Waals surface area contributed by atoms with Crippen LogP contribution in [0, 0.1) is 5.41 Å². The molecule has 0 aliphatic rings. The molecular weight excluding hydrogens is 174 g/mol. The second-order valence-corrected chi connectivity index (χ2v) is 4.83. The van der Waals surface area contributed by atoms with E-state index in [0.717, 1.165) is 13.1 Å². The van der Waals surface area contributed by atoms with Gasteiger partial charge in [0.1, 0.15) is 5.75 Å². The summed E-state index contributed by atoms with van der Waals surface area (Å²) in [6, 6.07) is 7.30. The predicted molar refractivity (Wildman–Crippen MR) is 59.3 cm³/mol. The van der Waals surface area contributed by atoms with Crippen molar-refractivity contribution < 1.29 is 5.11 Å². The second kappa shape index (κ2) is 4.47. The monoisotopic (exact) mass is 193 g/mol. The van der Waals surface area contributed by atoms with Crippen molar-refractivity contribution in [2.45, 2.75) is 27.3 Å². The quantitative estimate of drug-likeness (QED) is 0.773. The molecule has 1 aromatic carbocycles. The first kappa shape index (κ1) is 11.1. The molecule has 0 saturated heterocycles. The Labute approximate surface area is 86.0 Å². The van der Waals surface area contributed by atoms with Gasteiger partial charge in [-0.25, -0.2) is 0 Å². The van der Waals surface area contributed by atoms with Gasteiger partial charge in [0.15, 0.2) is 0 Å². The van der Waals surface area contributed by atoms with Gasteiger partial charge in [0.05, 0.1) is 0 Å². The number of benzene rings is 1. The molecule has 0 amide bonds. The summed E-state index contributed by atoms with van der Waals surface area (Å²) in [7, 11) is 0. The molecule has 2 nitrogen and oxygen atoms in total. The highest BCUT2D eigenvalue weighted by Crippen LogP contribution is 2.12. The van der Waals surface area contributed by atoms with Gasteiger partial charge in [-0.1, -0.05) is 32.9 Å². The molecule has 0 aromatic heterocycles. The summed E-state index contributed by atoms with van der Waals surface area (Å²) in [6.07, 6.45) is 0. The minimum absolute atomic E-state index is 0.316. The highest BCUT2D eigenvalue weighted by Gasteiger charge is 2.08. The van der Waals surface area contributed by atoms with Crippen molar-refractivity contribution in [3.05, 3.63) is 29.8 Å². The smallest absolute Gasteiger partial charge is 0.115 e. The Kier molecular flexibility index (Phi) is 3.53. The SMILES string of the molecule is CC(C)(C)CNCc1ccc(O)cc1. The van der Waals surface area contributed by atoms with Gasteiger partial charge in [-0.2, -0.15) is 0 Å². The Bertz CT molecular complexity index is 271. The summed E-state index contributed by atoms with van der Waals surface area (Å²) in [5.74, 6) is 0.324. The zero-order chi connectivity index (χ0) is 10.6. The zero-order valence-electron chi connectivity index (χ0n) is 9.17. The van der Waals surface area contributed by atoms with Crippen LogP contribution in [0.4, 0.5) is 0 Å².